The van der Waals surface area contributed by atoms with Crippen LogP contribution in [0.2, 0.25) is 0 Å². The van der Waals surface area contributed by atoms with Crippen LogP contribution in [0.1, 0.15) is 142 Å². The average Bonchev–Trinajstić information content (AvgIpc) is 2.74. The van der Waals surface area contributed by atoms with Crippen molar-refractivity contribution in [3.63, 3.8) is 0 Å². The minimum Gasteiger partial charge on any atom is -0.481 e. The second kappa shape index (κ2) is 22.6. The quantitative estimate of drug-likeness (QED) is 0.138. The summed E-state index contributed by atoms with van der Waals surface area (Å²) in [6, 6.07) is -1.35. The van der Waals surface area contributed by atoms with Gasteiger partial charge in [0.1, 0.15) is 6.04 Å². The van der Waals surface area contributed by atoms with Gasteiger partial charge < -0.3 is 15.5 Å². The van der Waals surface area contributed by atoms with Gasteiger partial charge in [0.2, 0.25) is 5.91 Å². The van der Waals surface area contributed by atoms with Crippen LogP contribution in [0.4, 0.5) is 0 Å². The first-order valence-electron chi connectivity index (χ1n) is 13.2. The Kier molecular flexibility index (Phi) is 21.5. The van der Waals surface area contributed by atoms with Crippen molar-refractivity contribution in [2.75, 3.05) is 0 Å². The number of carbonyl (C=O) groups excluding carboxylic acids is 1. The molecule has 32 heavy (non-hydrogen) atoms. The summed E-state index contributed by atoms with van der Waals surface area (Å²) in [6.07, 6.45) is 24.1. The highest BCUT2D eigenvalue weighted by Crippen LogP contribution is 2.14. The lowest BCUT2D eigenvalue weighted by Gasteiger charge is -2.12. The molecule has 0 saturated heterocycles. The minimum absolute atomic E-state index is 0.252. The maximum atomic E-state index is 11.8. The highest BCUT2D eigenvalue weighted by molar-refractivity contribution is 5.86. The second-order valence-corrected chi connectivity index (χ2v) is 9.17. The van der Waals surface area contributed by atoms with Crippen LogP contribution in [0.3, 0.4) is 0 Å². The number of unbranched alkanes of at least 4 members (excludes halogenated alkanes) is 18. The molecular formula is C26H49NO5. The summed E-state index contributed by atoms with van der Waals surface area (Å²) < 4.78 is 0. The Balaban J connectivity index is 3.33. The van der Waals surface area contributed by atoms with E-state index in [9.17, 15) is 14.4 Å². The molecule has 1 atom stereocenters. The van der Waals surface area contributed by atoms with Crippen LogP contribution in [0, 0.1) is 0 Å². The normalized spacial score (nSPS) is 11.9. The van der Waals surface area contributed by atoms with Crippen molar-refractivity contribution in [2.45, 2.75) is 148 Å². The molecule has 0 rings (SSSR count). The summed E-state index contributed by atoms with van der Waals surface area (Å²) >= 11 is 0. The van der Waals surface area contributed by atoms with E-state index in [1.165, 1.54) is 103 Å². The zero-order chi connectivity index (χ0) is 23.9. The third kappa shape index (κ3) is 21.6. The summed E-state index contributed by atoms with van der Waals surface area (Å²) in [5, 5.41) is 19.9. The van der Waals surface area contributed by atoms with Gasteiger partial charge in [-0.25, -0.2) is 4.79 Å². The van der Waals surface area contributed by atoms with Crippen LogP contribution in [0.25, 0.3) is 0 Å². The first kappa shape index (κ1) is 30.4. The van der Waals surface area contributed by atoms with Gasteiger partial charge in [-0.2, -0.15) is 0 Å². The number of carbonyl (C=O) groups is 3. The van der Waals surface area contributed by atoms with E-state index in [0.29, 0.717) is 6.42 Å². The van der Waals surface area contributed by atoms with Crippen LogP contribution in [-0.4, -0.2) is 34.1 Å². The van der Waals surface area contributed by atoms with Gasteiger partial charge in [0.15, 0.2) is 0 Å². The van der Waals surface area contributed by atoms with E-state index in [1.54, 1.807) is 0 Å². The van der Waals surface area contributed by atoms with Gasteiger partial charge in [0, 0.05) is 6.42 Å². The fraction of sp³-hybridized carbons (Fsp3) is 0.885. The summed E-state index contributed by atoms with van der Waals surface area (Å²) in [5.74, 6) is -2.93. The van der Waals surface area contributed by atoms with Crippen molar-refractivity contribution >= 4 is 17.8 Å². The van der Waals surface area contributed by atoms with E-state index in [2.05, 4.69) is 12.2 Å². The number of hydrogen-bond donors (Lipinski definition) is 3. The molecule has 0 unspecified atom stereocenters. The van der Waals surface area contributed by atoms with Crippen molar-refractivity contribution < 1.29 is 24.6 Å². The SMILES string of the molecule is CCCCCCCCCCCCCCCCCCCCCC(=O)N[C@@H](CC(=O)O)C(=O)O. The van der Waals surface area contributed by atoms with Gasteiger partial charge in [0.25, 0.3) is 0 Å². The molecule has 0 fully saturated rings. The molecule has 6 nitrogen and oxygen atoms in total. The number of nitrogens with one attached hydrogen (secondary N) is 1. The zero-order valence-electron chi connectivity index (χ0n) is 20.5. The number of carboxylic acid groups (broad SMARTS) is 2. The van der Waals surface area contributed by atoms with E-state index in [1.807, 2.05) is 0 Å². The van der Waals surface area contributed by atoms with E-state index in [-0.39, 0.29) is 12.3 Å². The van der Waals surface area contributed by atoms with Gasteiger partial charge >= 0.3 is 11.9 Å². The van der Waals surface area contributed by atoms with Crippen LogP contribution in [-0.2, 0) is 14.4 Å². The fourth-order valence-corrected chi connectivity index (χ4v) is 4.01. The number of amides is 1. The van der Waals surface area contributed by atoms with Gasteiger partial charge in [-0.3, -0.25) is 9.59 Å². The molecule has 0 aliphatic heterocycles. The molecule has 188 valence electrons. The lowest BCUT2D eigenvalue weighted by molar-refractivity contribution is -0.147. The third-order valence-electron chi connectivity index (χ3n) is 6.02. The molecule has 3 N–H and O–H groups in total. The van der Waals surface area contributed by atoms with Gasteiger partial charge in [0.05, 0.1) is 6.42 Å². The second-order valence-electron chi connectivity index (χ2n) is 9.17. The van der Waals surface area contributed by atoms with Crippen molar-refractivity contribution in [1.82, 2.24) is 5.32 Å². The molecular weight excluding hydrogens is 406 g/mol. The average molecular weight is 456 g/mol. The Morgan fingerprint density at radius 2 is 0.938 bits per heavy atom. The molecule has 0 saturated carbocycles. The highest BCUT2D eigenvalue weighted by Gasteiger charge is 2.22. The molecule has 0 spiro atoms. The zero-order valence-corrected chi connectivity index (χ0v) is 20.5. The number of carboxylic acids is 2. The van der Waals surface area contributed by atoms with E-state index >= 15 is 0 Å². The van der Waals surface area contributed by atoms with Gasteiger partial charge in [-0.05, 0) is 6.42 Å². The standard InChI is InChI=1S/C26H49NO5/c1-2-3-4-5-6-7-8-9-10-11-12-13-14-15-16-17-18-19-20-21-24(28)27-23(26(31)32)22-25(29)30/h23H,2-22H2,1H3,(H,27,28)(H,29,30)(H,31,32)/t23-/m0/s1. The Bertz CT molecular complexity index is 481. The number of rotatable bonds is 24. The van der Waals surface area contributed by atoms with Crippen molar-refractivity contribution in [1.29, 1.82) is 0 Å². The highest BCUT2D eigenvalue weighted by atomic mass is 16.4. The van der Waals surface area contributed by atoms with Gasteiger partial charge in [-0.1, -0.05) is 122 Å². The minimum atomic E-state index is -1.35. The molecule has 0 bridgehead atoms. The molecule has 0 radical (unpaired) electrons. The van der Waals surface area contributed by atoms with Crippen molar-refractivity contribution in [3.05, 3.63) is 0 Å². The third-order valence-corrected chi connectivity index (χ3v) is 6.02. The van der Waals surface area contributed by atoms with Crippen LogP contribution >= 0.6 is 0 Å². The number of aliphatic carboxylic acids is 2. The molecule has 0 aromatic carbocycles. The Hall–Kier alpha value is -1.59. The molecule has 0 heterocycles. The Morgan fingerprint density at radius 1 is 0.594 bits per heavy atom. The Morgan fingerprint density at radius 3 is 1.25 bits per heavy atom. The largest absolute Gasteiger partial charge is 0.481 e. The molecule has 6 heteroatoms. The predicted molar refractivity (Wildman–Crippen MR) is 130 cm³/mol. The van der Waals surface area contributed by atoms with Crippen LogP contribution in [0.5, 0.6) is 0 Å². The molecule has 0 aliphatic rings. The first-order valence-corrected chi connectivity index (χ1v) is 13.2. The number of hydrogen-bond acceptors (Lipinski definition) is 3. The van der Waals surface area contributed by atoms with E-state index in [0.717, 1.165) is 12.8 Å². The summed E-state index contributed by atoms with van der Waals surface area (Å²) in [5.41, 5.74) is 0. The predicted octanol–water partition coefficient (Wildman–Crippen LogP) is 6.85. The topological polar surface area (TPSA) is 104 Å². The fourth-order valence-electron chi connectivity index (χ4n) is 4.01. The molecule has 1 amide bonds. The molecule has 0 aromatic rings. The first-order chi connectivity index (χ1) is 15.5. The lowest BCUT2D eigenvalue weighted by atomic mass is 10.0. The lowest BCUT2D eigenvalue weighted by Crippen LogP contribution is -2.42. The van der Waals surface area contributed by atoms with Crippen molar-refractivity contribution in [2.24, 2.45) is 0 Å². The summed E-state index contributed by atoms with van der Waals surface area (Å²) in [7, 11) is 0. The monoisotopic (exact) mass is 455 g/mol. The Labute approximate surface area is 195 Å². The van der Waals surface area contributed by atoms with E-state index in [4.69, 9.17) is 10.2 Å². The van der Waals surface area contributed by atoms with Gasteiger partial charge in [-0.15, -0.1) is 0 Å². The summed E-state index contributed by atoms with van der Waals surface area (Å²) in [6.45, 7) is 2.27. The smallest absolute Gasteiger partial charge is 0.326 e. The molecule has 0 aromatic heterocycles. The van der Waals surface area contributed by atoms with Crippen molar-refractivity contribution in [3.8, 4) is 0 Å². The van der Waals surface area contributed by atoms with Crippen LogP contribution in [0.15, 0.2) is 0 Å². The molecule has 0 aliphatic carbocycles. The maximum absolute atomic E-state index is 11.8. The van der Waals surface area contributed by atoms with E-state index < -0.39 is 24.4 Å². The maximum Gasteiger partial charge on any atom is 0.326 e. The summed E-state index contributed by atoms with van der Waals surface area (Å²) in [4.78, 5) is 33.3. The van der Waals surface area contributed by atoms with Crippen LogP contribution < -0.4 is 5.32 Å².